The van der Waals surface area contributed by atoms with Gasteiger partial charge in [-0.05, 0) is 175 Å². The van der Waals surface area contributed by atoms with Gasteiger partial charge in [-0.3, -0.25) is 0 Å². The highest BCUT2D eigenvalue weighted by Crippen LogP contribution is 2.43. The fourth-order valence-corrected chi connectivity index (χ4v) is 11.4. The summed E-state index contributed by atoms with van der Waals surface area (Å²) in [5, 5.41) is 3.27. The molecule has 1 N–H and O–H groups in total. The maximum absolute atomic E-state index is 5.06. The van der Waals surface area contributed by atoms with E-state index < -0.39 is 0 Å². The van der Waals surface area contributed by atoms with E-state index in [4.69, 9.17) is 4.74 Å². The summed E-state index contributed by atoms with van der Waals surface area (Å²) < 4.78 is 5.06. The van der Waals surface area contributed by atoms with Gasteiger partial charge in [0.2, 0.25) is 0 Å². The van der Waals surface area contributed by atoms with Crippen LogP contribution in [-0.4, -0.2) is 26.3 Å². The first-order valence-electron chi connectivity index (χ1n) is 30.1. The summed E-state index contributed by atoms with van der Waals surface area (Å²) in [7, 11) is 0. The van der Waals surface area contributed by atoms with Crippen LogP contribution in [0, 0.1) is 90.7 Å². The van der Waals surface area contributed by atoms with Crippen LogP contribution in [-0.2, 0) is 4.74 Å². The van der Waals surface area contributed by atoms with Crippen molar-refractivity contribution in [1.82, 2.24) is 5.32 Å². The van der Waals surface area contributed by atoms with Crippen LogP contribution >= 0.6 is 0 Å². The fraction of sp³-hybridized carbons (Fsp3) is 1.00. The molecule has 0 bridgehead atoms. The summed E-state index contributed by atoms with van der Waals surface area (Å²) in [6, 6.07) is 0. The Bertz CT molecular complexity index is 1030. The lowest BCUT2D eigenvalue weighted by atomic mass is 9.69. The monoisotopic (exact) mass is 956 g/mol. The molecule has 8 aliphatic rings. The fourth-order valence-electron chi connectivity index (χ4n) is 11.4. The van der Waals surface area contributed by atoms with E-state index in [1.165, 1.54) is 154 Å². The van der Waals surface area contributed by atoms with Gasteiger partial charge in [-0.2, -0.15) is 0 Å². The highest BCUT2D eigenvalue weighted by molar-refractivity contribution is 4.85. The molecular weight excluding hydrogens is 823 g/mol. The van der Waals surface area contributed by atoms with Crippen molar-refractivity contribution in [3.05, 3.63) is 0 Å². The number of hydrogen-bond donors (Lipinski definition) is 1. The second kappa shape index (κ2) is 29.1. The smallest absolute Gasteiger partial charge is 0.0521 e. The average Bonchev–Trinajstić information content (AvgIpc) is 3.89. The highest BCUT2D eigenvalue weighted by Gasteiger charge is 2.33. The van der Waals surface area contributed by atoms with Crippen molar-refractivity contribution < 1.29 is 4.74 Å². The maximum Gasteiger partial charge on any atom is 0.0521 e. The lowest BCUT2D eigenvalue weighted by Crippen LogP contribution is -2.48. The second-order valence-corrected chi connectivity index (χ2v) is 32.7. The molecule has 0 unspecified atom stereocenters. The van der Waals surface area contributed by atoms with Crippen LogP contribution in [0.25, 0.3) is 0 Å². The van der Waals surface area contributed by atoms with Crippen LogP contribution in [0.15, 0.2) is 0 Å². The molecule has 2 heterocycles. The van der Waals surface area contributed by atoms with Crippen LogP contribution in [0.2, 0.25) is 0 Å². The highest BCUT2D eigenvalue weighted by atomic mass is 16.5. The number of hydrogen-bond acceptors (Lipinski definition) is 2. The van der Waals surface area contributed by atoms with Crippen molar-refractivity contribution in [2.75, 3.05) is 26.3 Å². The van der Waals surface area contributed by atoms with Gasteiger partial charge in [0, 0.05) is 5.92 Å². The molecule has 6 aliphatic carbocycles. The van der Waals surface area contributed by atoms with E-state index in [-0.39, 0.29) is 0 Å². The molecule has 408 valence electrons. The number of nitrogens with one attached hydrogen (secondary N) is 1. The largest absolute Gasteiger partial charge is 0.381 e. The number of ether oxygens (including phenoxy) is 1. The summed E-state index contributed by atoms with van der Waals surface area (Å²) in [5.74, 6) is 7.83. The molecule has 0 radical (unpaired) electrons. The molecule has 0 aromatic carbocycles. The van der Waals surface area contributed by atoms with Gasteiger partial charge >= 0.3 is 0 Å². The summed E-state index contributed by atoms with van der Waals surface area (Å²) in [4.78, 5) is 0. The lowest BCUT2D eigenvalue weighted by molar-refractivity contribution is -0.0821. The van der Waals surface area contributed by atoms with Gasteiger partial charge < -0.3 is 10.1 Å². The SMILES string of the molecule is CC(C)(C)C1CCC1.CC(C)(C)C1CCC1.CC(C)(C)C1CCCC1.CC(C)(C)C1CCCC1.CC(C)(C)C1CCCC1.CC(C)(C)C1CCCC1.CC(C)(C)C1CNC1.CC(C)(C)C1COC1. The minimum Gasteiger partial charge on any atom is -0.381 e. The topological polar surface area (TPSA) is 21.3 Å². The van der Waals surface area contributed by atoms with E-state index in [1.54, 1.807) is 0 Å². The maximum atomic E-state index is 5.06. The first-order valence-corrected chi connectivity index (χ1v) is 30.1. The van der Waals surface area contributed by atoms with Gasteiger partial charge in [0.15, 0.2) is 0 Å². The molecule has 8 fully saturated rings. The first kappa shape index (κ1) is 65.9. The summed E-state index contributed by atoms with van der Waals surface area (Å²) in [6.07, 6.45) is 32.4. The molecule has 6 saturated carbocycles. The Kier molecular flexibility index (Phi) is 28.2. The minimum absolute atomic E-state index is 0.470. The molecule has 0 amide bonds. The minimum atomic E-state index is 0.470. The van der Waals surface area contributed by atoms with E-state index in [9.17, 15) is 0 Å². The van der Waals surface area contributed by atoms with Crippen molar-refractivity contribution in [2.45, 2.75) is 307 Å². The zero-order valence-electron chi connectivity index (χ0n) is 51.9. The van der Waals surface area contributed by atoms with Crippen LogP contribution in [0.3, 0.4) is 0 Å². The lowest BCUT2D eigenvalue weighted by Gasteiger charge is -2.38. The molecule has 68 heavy (non-hydrogen) atoms. The van der Waals surface area contributed by atoms with Crippen molar-refractivity contribution >= 4 is 0 Å². The standard InChI is InChI=1S/4C9H18.2C8H16.C7H15N.C7H14O/c4*1-9(2,3)8-6-4-5-7-8;2*1-8(2,3)7-5-4-6-7;2*1-7(2,3)6-4-8-5-6/h4*8H,4-7H2,1-3H3;2*7H,4-6H2,1-3H3;6,8H,4-5H2,1-3H3;6H,4-5H2,1-3H3. The molecule has 0 aromatic rings. The van der Waals surface area contributed by atoms with Gasteiger partial charge in [0.1, 0.15) is 0 Å². The molecule has 2 aliphatic heterocycles. The van der Waals surface area contributed by atoms with E-state index in [2.05, 4.69) is 171 Å². The Morgan fingerprint density at radius 1 is 0.221 bits per heavy atom. The molecule has 2 heteroatoms. The first-order chi connectivity index (χ1) is 30.8. The third-order valence-electron chi connectivity index (χ3n) is 18.8. The van der Waals surface area contributed by atoms with E-state index >= 15 is 0 Å². The Morgan fingerprint density at radius 3 is 0.412 bits per heavy atom. The van der Waals surface area contributed by atoms with Crippen molar-refractivity contribution in [3.63, 3.8) is 0 Å². The van der Waals surface area contributed by atoms with Gasteiger partial charge in [-0.25, -0.2) is 0 Å². The molecule has 2 saturated heterocycles. The van der Waals surface area contributed by atoms with Gasteiger partial charge in [0.05, 0.1) is 13.2 Å². The Balaban J connectivity index is 0.000000389. The van der Waals surface area contributed by atoms with Crippen molar-refractivity contribution in [3.8, 4) is 0 Å². The van der Waals surface area contributed by atoms with Crippen LogP contribution in [0.5, 0.6) is 0 Å². The number of rotatable bonds is 0. The molecule has 0 atom stereocenters. The molecule has 8 rings (SSSR count). The van der Waals surface area contributed by atoms with Crippen molar-refractivity contribution in [1.29, 1.82) is 0 Å². The quantitative estimate of drug-likeness (QED) is 0.261. The second-order valence-electron chi connectivity index (χ2n) is 32.7. The predicted molar refractivity (Wildman–Crippen MR) is 309 cm³/mol. The van der Waals surface area contributed by atoms with Gasteiger partial charge in [-0.1, -0.05) is 230 Å². The Labute approximate surface area is 432 Å². The average molecular weight is 957 g/mol. The summed E-state index contributed by atoms with van der Waals surface area (Å²) in [5.41, 5.74) is 4.51. The molecular formula is C66H133NO. The molecule has 0 aromatic heterocycles. The zero-order valence-corrected chi connectivity index (χ0v) is 51.9. The van der Waals surface area contributed by atoms with E-state index in [0.29, 0.717) is 43.3 Å². The summed E-state index contributed by atoms with van der Waals surface area (Å²) in [6.45, 7) is 60.5. The predicted octanol–water partition coefficient (Wildman–Crippen LogP) is 21.5. The Morgan fingerprint density at radius 2 is 0.382 bits per heavy atom. The zero-order chi connectivity index (χ0) is 52.4. The molecule has 2 nitrogen and oxygen atoms in total. The van der Waals surface area contributed by atoms with E-state index in [0.717, 1.165) is 60.6 Å². The third-order valence-corrected chi connectivity index (χ3v) is 18.8. The van der Waals surface area contributed by atoms with E-state index in [1.807, 2.05) is 0 Å². The molecule has 0 spiro atoms. The van der Waals surface area contributed by atoms with Crippen LogP contribution < -0.4 is 5.32 Å². The third kappa shape index (κ3) is 27.8. The van der Waals surface area contributed by atoms with Crippen LogP contribution in [0.1, 0.15) is 307 Å². The Hall–Kier alpha value is -0.0800. The van der Waals surface area contributed by atoms with Gasteiger partial charge in [0.25, 0.3) is 0 Å². The van der Waals surface area contributed by atoms with Crippen molar-refractivity contribution in [2.24, 2.45) is 90.7 Å². The van der Waals surface area contributed by atoms with Gasteiger partial charge in [-0.15, -0.1) is 0 Å². The normalized spacial score (nSPS) is 22.9. The van der Waals surface area contributed by atoms with Crippen LogP contribution in [0.4, 0.5) is 0 Å². The summed E-state index contributed by atoms with van der Waals surface area (Å²) >= 11 is 0.